The number of benzene rings is 1. The van der Waals surface area contributed by atoms with Crippen LogP contribution in [0.3, 0.4) is 0 Å². The molecule has 1 saturated heterocycles. The Morgan fingerprint density at radius 3 is 2.65 bits per heavy atom. The van der Waals surface area contributed by atoms with E-state index in [9.17, 15) is 4.79 Å². The Kier molecular flexibility index (Phi) is 3.10. The summed E-state index contributed by atoms with van der Waals surface area (Å²) in [5, 5.41) is 8.43. The average Bonchev–Trinajstić information content (AvgIpc) is 2.58. The second-order valence-corrected chi connectivity index (χ2v) is 4.27. The van der Waals surface area contributed by atoms with Crippen LogP contribution in [-0.2, 0) is 11.2 Å². The number of nitrogens with two attached hydrogens (primary N) is 1. The zero-order valence-electron chi connectivity index (χ0n) is 9.68. The topological polar surface area (TPSA) is 82.2 Å². The van der Waals surface area contributed by atoms with Crippen molar-refractivity contribution in [3.63, 3.8) is 0 Å². The third kappa shape index (κ3) is 2.29. The molecule has 2 unspecified atom stereocenters. The maximum Gasteiger partial charge on any atom is 0.248 e. The van der Waals surface area contributed by atoms with Gasteiger partial charge in [0.1, 0.15) is 0 Å². The van der Waals surface area contributed by atoms with E-state index in [0.717, 1.165) is 10.6 Å². The zero-order chi connectivity index (χ0) is 12.4. The molecule has 0 aliphatic carbocycles. The molecule has 5 heteroatoms. The third-order valence-corrected chi connectivity index (χ3v) is 3.01. The second-order valence-electron chi connectivity index (χ2n) is 4.27. The summed E-state index contributed by atoms with van der Waals surface area (Å²) >= 11 is 0. The summed E-state index contributed by atoms with van der Waals surface area (Å²) in [5.74, 6) is -0.549. The van der Waals surface area contributed by atoms with Gasteiger partial charge in [-0.3, -0.25) is 10.2 Å². The van der Waals surface area contributed by atoms with Gasteiger partial charge in [0.2, 0.25) is 11.9 Å². The number of amides is 1. The molecular formula is C12H16N4O. The molecule has 0 spiro atoms. The summed E-state index contributed by atoms with van der Waals surface area (Å²) in [7, 11) is 0. The number of rotatable bonds is 2. The molecule has 1 fully saturated rings. The van der Waals surface area contributed by atoms with Gasteiger partial charge in [0, 0.05) is 6.04 Å². The first kappa shape index (κ1) is 11.6. The van der Waals surface area contributed by atoms with Crippen molar-refractivity contribution in [3.05, 3.63) is 35.9 Å². The van der Waals surface area contributed by atoms with E-state index in [-0.39, 0.29) is 23.8 Å². The van der Waals surface area contributed by atoms with Crippen molar-refractivity contribution >= 4 is 11.9 Å². The number of carbonyl (C=O) groups is 1. The Hall–Kier alpha value is -1.88. The highest BCUT2D eigenvalue weighted by Gasteiger charge is 2.38. The number of hydrogen-bond donors (Lipinski definition) is 3. The Bertz CT molecular complexity index is 431. The predicted octanol–water partition coefficient (Wildman–Crippen LogP) is 0.474. The summed E-state index contributed by atoms with van der Waals surface area (Å²) < 4.78 is 0. The molecular weight excluding hydrogens is 216 g/mol. The van der Waals surface area contributed by atoms with Gasteiger partial charge in [0.25, 0.3) is 0 Å². The van der Waals surface area contributed by atoms with E-state index in [4.69, 9.17) is 11.1 Å². The Morgan fingerprint density at radius 1 is 1.47 bits per heavy atom. The van der Waals surface area contributed by atoms with E-state index >= 15 is 0 Å². The van der Waals surface area contributed by atoms with E-state index in [1.54, 1.807) is 0 Å². The lowest BCUT2D eigenvalue weighted by molar-refractivity contribution is -0.128. The molecule has 90 valence electrons. The summed E-state index contributed by atoms with van der Waals surface area (Å²) in [6.07, 6.45) is 0.664. The highest BCUT2D eigenvalue weighted by Crippen LogP contribution is 2.20. The van der Waals surface area contributed by atoms with Gasteiger partial charge in [0.05, 0.1) is 5.92 Å². The van der Waals surface area contributed by atoms with Gasteiger partial charge in [-0.05, 0) is 18.9 Å². The molecule has 1 aliphatic rings. The average molecular weight is 232 g/mol. The SMILES string of the molecule is CC1NN(C(=N)N)C(=O)C1Cc1ccccc1. The molecule has 17 heavy (non-hydrogen) atoms. The molecule has 1 heterocycles. The molecule has 0 aromatic heterocycles. The molecule has 2 rings (SSSR count). The quantitative estimate of drug-likeness (QED) is 0.512. The van der Waals surface area contributed by atoms with E-state index in [0.29, 0.717) is 6.42 Å². The molecule has 1 aliphatic heterocycles. The number of nitrogens with one attached hydrogen (secondary N) is 2. The first-order chi connectivity index (χ1) is 8.09. The minimum atomic E-state index is -0.252. The van der Waals surface area contributed by atoms with Crippen LogP contribution in [-0.4, -0.2) is 22.9 Å². The molecule has 2 atom stereocenters. The van der Waals surface area contributed by atoms with Crippen LogP contribution in [0.4, 0.5) is 0 Å². The van der Waals surface area contributed by atoms with Crippen molar-refractivity contribution in [3.8, 4) is 0 Å². The van der Waals surface area contributed by atoms with E-state index in [1.165, 1.54) is 0 Å². The van der Waals surface area contributed by atoms with Gasteiger partial charge in [-0.1, -0.05) is 30.3 Å². The Morgan fingerprint density at radius 2 is 2.12 bits per heavy atom. The maximum absolute atomic E-state index is 12.0. The summed E-state index contributed by atoms with van der Waals surface area (Å²) in [6, 6.07) is 9.84. The lowest BCUT2D eigenvalue weighted by atomic mass is 9.94. The maximum atomic E-state index is 12.0. The molecule has 4 N–H and O–H groups in total. The van der Waals surface area contributed by atoms with Crippen molar-refractivity contribution in [1.82, 2.24) is 10.4 Å². The zero-order valence-corrected chi connectivity index (χ0v) is 9.68. The van der Waals surface area contributed by atoms with E-state index in [2.05, 4.69) is 5.43 Å². The predicted molar refractivity (Wildman–Crippen MR) is 65.0 cm³/mol. The number of guanidine groups is 1. The highest BCUT2D eigenvalue weighted by molar-refractivity contribution is 5.97. The van der Waals surface area contributed by atoms with Crippen LogP contribution >= 0.6 is 0 Å². The van der Waals surface area contributed by atoms with Crippen molar-refractivity contribution in [2.24, 2.45) is 11.7 Å². The van der Waals surface area contributed by atoms with Gasteiger partial charge < -0.3 is 5.73 Å². The normalized spacial score (nSPS) is 24.1. The van der Waals surface area contributed by atoms with E-state index < -0.39 is 0 Å². The van der Waals surface area contributed by atoms with Crippen LogP contribution in [0.5, 0.6) is 0 Å². The van der Waals surface area contributed by atoms with Crippen LogP contribution in [0.25, 0.3) is 0 Å². The van der Waals surface area contributed by atoms with Crippen molar-refractivity contribution in [2.75, 3.05) is 0 Å². The highest BCUT2D eigenvalue weighted by atomic mass is 16.2. The molecule has 1 aromatic rings. The fourth-order valence-corrected chi connectivity index (χ4v) is 2.06. The Balaban J connectivity index is 2.12. The van der Waals surface area contributed by atoms with Gasteiger partial charge in [0.15, 0.2) is 0 Å². The minimum Gasteiger partial charge on any atom is -0.369 e. The molecule has 0 saturated carbocycles. The molecule has 0 bridgehead atoms. The number of hydrazine groups is 1. The van der Waals surface area contributed by atoms with Crippen LogP contribution in [0.1, 0.15) is 12.5 Å². The lowest BCUT2D eigenvalue weighted by Gasteiger charge is -2.12. The third-order valence-electron chi connectivity index (χ3n) is 3.01. The fourth-order valence-electron chi connectivity index (χ4n) is 2.06. The van der Waals surface area contributed by atoms with E-state index in [1.807, 2.05) is 37.3 Å². The summed E-state index contributed by atoms with van der Waals surface area (Å²) in [4.78, 5) is 12.0. The van der Waals surface area contributed by atoms with Crippen molar-refractivity contribution in [2.45, 2.75) is 19.4 Å². The first-order valence-corrected chi connectivity index (χ1v) is 5.57. The molecule has 5 nitrogen and oxygen atoms in total. The van der Waals surface area contributed by atoms with Gasteiger partial charge in [-0.25, -0.2) is 10.4 Å². The fraction of sp³-hybridized carbons (Fsp3) is 0.333. The number of carbonyl (C=O) groups excluding carboxylic acids is 1. The van der Waals surface area contributed by atoms with Gasteiger partial charge in [-0.15, -0.1) is 0 Å². The van der Waals surface area contributed by atoms with Crippen molar-refractivity contribution < 1.29 is 4.79 Å². The number of nitrogens with zero attached hydrogens (tertiary/aromatic N) is 1. The molecule has 1 amide bonds. The largest absolute Gasteiger partial charge is 0.369 e. The van der Waals surface area contributed by atoms with Crippen LogP contribution in [0, 0.1) is 11.3 Å². The van der Waals surface area contributed by atoms with Crippen LogP contribution in [0.2, 0.25) is 0 Å². The minimum absolute atomic E-state index is 0.00777. The molecule has 0 radical (unpaired) electrons. The molecule has 1 aromatic carbocycles. The summed E-state index contributed by atoms with van der Waals surface area (Å²) in [5.41, 5.74) is 9.36. The van der Waals surface area contributed by atoms with Crippen molar-refractivity contribution in [1.29, 1.82) is 5.41 Å². The van der Waals surface area contributed by atoms with Gasteiger partial charge in [-0.2, -0.15) is 0 Å². The first-order valence-electron chi connectivity index (χ1n) is 5.57. The number of hydrogen-bond acceptors (Lipinski definition) is 3. The lowest BCUT2D eigenvalue weighted by Crippen LogP contribution is -2.45. The monoisotopic (exact) mass is 232 g/mol. The van der Waals surface area contributed by atoms with Crippen LogP contribution < -0.4 is 11.2 Å². The second kappa shape index (κ2) is 4.55. The standard InChI is InChI=1S/C12H16N4O/c1-8-10(7-9-5-3-2-4-6-9)11(17)16(15-8)12(13)14/h2-6,8,10,15H,7H2,1H3,(H3,13,14). The smallest absolute Gasteiger partial charge is 0.248 e. The van der Waals surface area contributed by atoms with Gasteiger partial charge >= 0.3 is 0 Å². The summed E-state index contributed by atoms with van der Waals surface area (Å²) in [6.45, 7) is 1.93. The Labute approximate surface area is 100 Å². The van der Waals surface area contributed by atoms with Crippen LogP contribution in [0.15, 0.2) is 30.3 Å².